The lowest BCUT2D eigenvalue weighted by Gasteiger charge is -2.20. The smallest absolute Gasteiger partial charge is 0.309 e. The Morgan fingerprint density at radius 1 is 1.10 bits per heavy atom. The van der Waals surface area contributed by atoms with E-state index in [2.05, 4.69) is 5.48 Å². The maximum Gasteiger partial charge on any atom is 0.309 e. The largest absolute Gasteiger partial charge is 0.461 e. The van der Waals surface area contributed by atoms with Gasteiger partial charge in [0.15, 0.2) is 6.29 Å². The minimum absolute atomic E-state index is 0.0566. The van der Waals surface area contributed by atoms with E-state index in [-0.39, 0.29) is 24.9 Å². The van der Waals surface area contributed by atoms with Crippen LogP contribution in [0.1, 0.15) is 64.9 Å². The van der Waals surface area contributed by atoms with Crippen molar-refractivity contribution in [2.75, 3.05) is 6.61 Å². The first-order valence-corrected chi connectivity index (χ1v) is 10.7. The summed E-state index contributed by atoms with van der Waals surface area (Å²) in [5.74, 6) is -0.250. The maximum absolute atomic E-state index is 12.7. The van der Waals surface area contributed by atoms with Crippen LogP contribution in [0.2, 0.25) is 0 Å². The minimum Gasteiger partial charge on any atom is -0.461 e. The van der Waals surface area contributed by atoms with Crippen molar-refractivity contribution >= 4 is 11.9 Å². The number of ether oxygens (including phenoxy) is 2. The first kappa shape index (κ1) is 23.4. The fourth-order valence-corrected chi connectivity index (χ4v) is 3.53. The number of nitrogens with one attached hydrogen (secondary N) is 1. The molecule has 6 heteroatoms. The van der Waals surface area contributed by atoms with Crippen LogP contribution in [0, 0.1) is 17.8 Å². The van der Waals surface area contributed by atoms with Crippen LogP contribution >= 0.6 is 0 Å². The quantitative estimate of drug-likeness (QED) is 0.317. The second-order valence-corrected chi connectivity index (χ2v) is 8.32. The van der Waals surface area contributed by atoms with Gasteiger partial charge in [-0.1, -0.05) is 69.9 Å². The molecule has 0 aromatic heterocycles. The van der Waals surface area contributed by atoms with Crippen molar-refractivity contribution in [2.24, 2.45) is 17.8 Å². The van der Waals surface area contributed by atoms with Crippen LogP contribution in [0.3, 0.4) is 0 Å². The van der Waals surface area contributed by atoms with Gasteiger partial charge < -0.3 is 9.47 Å². The molecule has 0 saturated heterocycles. The summed E-state index contributed by atoms with van der Waals surface area (Å²) in [6.07, 6.45) is 4.80. The molecule has 29 heavy (non-hydrogen) atoms. The second-order valence-electron chi connectivity index (χ2n) is 8.32. The SMILES string of the molecule is CC(C)COC(C)ONC(=O)CC(CC1CCCC1)C(=O)OCc1ccccc1. The first-order valence-electron chi connectivity index (χ1n) is 10.7. The maximum atomic E-state index is 12.7. The van der Waals surface area contributed by atoms with Crippen molar-refractivity contribution in [3.05, 3.63) is 35.9 Å². The Hall–Kier alpha value is -1.92. The Balaban J connectivity index is 1.83. The highest BCUT2D eigenvalue weighted by Crippen LogP contribution is 2.32. The molecule has 2 unspecified atom stereocenters. The molecule has 2 rings (SSSR count). The van der Waals surface area contributed by atoms with E-state index in [1.165, 1.54) is 12.8 Å². The van der Waals surface area contributed by atoms with Gasteiger partial charge in [-0.05, 0) is 30.7 Å². The molecule has 0 bridgehead atoms. The Bertz CT molecular complexity index is 613. The predicted molar refractivity (Wildman–Crippen MR) is 110 cm³/mol. The molecule has 1 amide bonds. The molecule has 1 saturated carbocycles. The van der Waals surface area contributed by atoms with E-state index in [1.807, 2.05) is 44.2 Å². The standard InChI is InChI=1S/C23H35NO5/c1-17(2)15-27-18(3)29-24-22(25)14-21(13-19-9-7-8-10-19)23(26)28-16-20-11-5-4-6-12-20/h4-6,11-12,17-19,21H,7-10,13-16H2,1-3H3,(H,24,25). The molecule has 1 fully saturated rings. The third-order valence-electron chi connectivity index (χ3n) is 5.08. The summed E-state index contributed by atoms with van der Waals surface area (Å²) in [6.45, 7) is 6.58. The Kier molecular flexibility index (Phi) is 10.2. The minimum atomic E-state index is -0.542. The molecule has 6 nitrogen and oxygen atoms in total. The monoisotopic (exact) mass is 405 g/mol. The van der Waals surface area contributed by atoms with Crippen molar-refractivity contribution in [1.29, 1.82) is 0 Å². The highest BCUT2D eigenvalue weighted by Gasteiger charge is 2.28. The summed E-state index contributed by atoms with van der Waals surface area (Å²) in [6, 6.07) is 9.57. The molecule has 2 atom stereocenters. The lowest BCUT2D eigenvalue weighted by molar-refractivity contribution is -0.184. The lowest BCUT2D eigenvalue weighted by Crippen LogP contribution is -2.33. The fourth-order valence-electron chi connectivity index (χ4n) is 3.53. The molecule has 1 aromatic rings. The number of benzene rings is 1. The molecule has 0 aliphatic heterocycles. The summed E-state index contributed by atoms with van der Waals surface area (Å²) < 4.78 is 11.0. The normalized spacial score (nSPS) is 16.6. The molecule has 1 N–H and O–H groups in total. The van der Waals surface area contributed by atoms with Crippen LogP contribution in [0.15, 0.2) is 30.3 Å². The Labute approximate surface area is 174 Å². The van der Waals surface area contributed by atoms with Gasteiger partial charge in [-0.3, -0.25) is 9.59 Å². The molecule has 1 aromatic carbocycles. The van der Waals surface area contributed by atoms with Crippen LogP contribution in [0.4, 0.5) is 0 Å². The van der Waals surface area contributed by atoms with Gasteiger partial charge >= 0.3 is 5.97 Å². The zero-order valence-electron chi connectivity index (χ0n) is 17.9. The lowest BCUT2D eigenvalue weighted by atomic mass is 9.91. The molecular formula is C23H35NO5. The average Bonchev–Trinajstić information content (AvgIpc) is 3.22. The van der Waals surface area contributed by atoms with E-state index < -0.39 is 12.2 Å². The van der Waals surface area contributed by atoms with Gasteiger partial charge in [-0.2, -0.15) is 0 Å². The number of amides is 1. The third kappa shape index (κ3) is 9.41. The van der Waals surface area contributed by atoms with Gasteiger partial charge in [0.25, 0.3) is 0 Å². The summed E-state index contributed by atoms with van der Waals surface area (Å²) in [7, 11) is 0. The zero-order chi connectivity index (χ0) is 21.1. The van der Waals surface area contributed by atoms with Crippen LogP contribution in [-0.2, 0) is 30.5 Å². The number of rotatable bonds is 12. The van der Waals surface area contributed by atoms with Gasteiger partial charge in [0.1, 0.15) is 6.61 Å². The van der Waals surface area contributed by atoms with Crippen LogP contribution in [0.5, 0.6) is 0 Å². The van der Waals surface area contributed by atoms with Crippen molar-refractivity contribution < 1.29 is 23.9 Å². The molecule has 1 aliphatic carbocycles. The van der Waals surface area contributed by atoms with E-state index >= 15 is 0 Å². The zero-order valence-corrected chi connectivity index (χ0v) is 17.9. The number of carbonyl (C=O) groups excluding carboxylic acids is 2. The van der Waals surface area contributed by atoms with E-state index in [1.54, 1.807) is 6.92 Å². The molecule has 0 spiro atoms. The molecular weight excluding hydrogens is 370 g/mol. The van der Waals surface area contributed by atoms with Gasteiger partial charge in [0.2, 0.25) is 5.91 Å². The second kappa shape index (κ2) is 12.6. The van der Waals surface area contributed by atoms with Gasteiger partial charge in [-0.25, -0.2) is 10.3 Å². The van der Waals surface area contributed by atoms with Crippen LogP contribution in [-0.4, -0.2) is 24.8 Å². The van der Waals surface area contributed by atoms with Crippen molar-refractivity contribution in [1.82, 2.24) is 5.48 Å². The molecule has 0 radical (unpaired) electrons. The van der Waals surface area contributed by atoms with Crippen molar-refractivity contribution in [2.45, 2.75) is 72.2 Å². The van der Waals surface area contributed by atoms with Gasteiger partial charge in [0, 0.05) is 6.42 Å². The van der Waals surface area contributed by atoms with E-state index in [0.29, 0.717) is 24.9 Å². The highest BCUT2D eigenvalue weighted by atomic mass is 16.8. The predicted octanol–water partition coefficient (Wildman–Crippen LogP) is 4.38. The summed E-state index contributed by atoms with van der Waals surface area (Å²) in [5.41, 5.74) is 3.35. The third-order valence-corrected chi connectivity index (χ3v) is 5.08. The molecule has 1 aliphatic rings. The Morgan fingerprint density at radius 2 is 1.79 bits per heavy atom. The number of carbonyl (C=O) groups is 2. The summed E-state index contributed by atoms with van der Waals surface area (Å²) in [5, 5.41) is 0. The molecule has 162 valence electrons. The van der Waals surface area contributed by atoms with Crippen LogP contribution < -0.4 is 5.48 Å². The fraction of sp³-hybridized carbons (Fsp3) is 0.652. The van der Waals surface area contributed by atoms with Gasteiger partial charge in [-0.15, -0.1) is 0 Å². The summed E-state index contributed by atoms with van der Waals surface area (Å²) >= 11 is 0. The Morgan fingerprint density at radius 3 is 2.45 bits per heavy atom. The van der Waals surface area contributed by atoms with Gasteiger partial charge in [0.05, 0.1) is 12.5 Å². The average molecular weight is 406 g/mol. The van der Waals surface area contributed by atoms with Crippen molar-refractivity contribution in [3.8, 4) is 0 Å². The van der Waals surface area contributed by atoms with Crippen LogP contribution in [0.25, 0.3) is 0 Å². The van der Waals surface area contributed by atoms with E-state index in [4.69, 9.17) is 14.3 Å². The topological polar surface area (TPSA) is 73.9 Å². The number of hydrogen-bond acceptors (Lipinski definition) is 5. The number of hydroxylamine groups is 1. The number of esters is 1. The highest BCUT2D eigenvalue weighted by molar-refractivity contribution is 5.82. The van der Waals surface area contributed by atoms with Crippen molar-refractivity contribution in [3.63, 3.8) is 0 Å². The van der Waals surface area contributed by atoms with E-state index in [9.17, 15) is 9.59 Å². The first-order chi connectivity index (χ1) is 13.9. The van der Waals surface area contributed by atoms with E-state index in [0.717, 1.165) is 18.4 Å². The summed E-state index contributed by atoms with van der Waals surface area (Å²) in [4.78, 5) is 30.3. The molecule has 0 heterocycles. The number of hydrogen-bond donors (Lipinski definition) is 1.